The molecule has 1 aromatic heterocycles. The van der Waals surface area contributed by atoms with E-state index in [4.69, 9.17) is 0 Å². The zero-order valence-corrected chi connectivity index (χ0v) is 11.5. The highest BCUT2D eigenvalue weighted by Crippen LogP contribution is 2.29. The molecule has 0 aliphatic heterocycles. The van der Waals surface area contributed by atoms with Crippen molar-refractivity contribution < 1.29 is 29.5 Å². The number of hydrogen-bond donors (Lipinski definition) is 0. The molecule has 0 radical (unpaired) electrons. The normalized spacial score (nSPS) is 11.4. The van der Waals surface area contributed by atoms with Crippen LogP contribution in [0.2, 0.25) is 0 Å². The molecule has 1 heterocycles. The predicted molar refractivity (Wildman–Crippen MR) is 65.1 cm³/mol. The van der Waals surface area contributed by atoms with Gasteiger partial charge < -0.3 is 0 Å². The number of hydrogen-bond acceptors (Lipinski definition) is 15. The van der Waals surface area contributed by atoms with Crippen LogP contribution in [0, 0.1) is 60.7 Å². The summed E-state index contributed by atoms with van der Waals surface area (Å²) >= 11 is 0. The minimum absolute atomic E-state index is 0.351. The first-order chi connectivity index (χ1) is 11.9. The Labute approximate surface area is 136 Å². The fourth-order valence-corrected chi connectivity index (χ4v) is 1.59. The van der Waals surface area contributed by atoms with Crippen LogP contribution < -0.4 is 0 Å². The molecule has 0 aromatic carbocycles. The van der Waals surface area contributed by atoms with Crippen molar-refractivity contribution in [2.45, 2.75) is 11.6 Å². The van der Waals surface area contributed by atoms with Crippen molar-refractivity contribution >= 4 is 0 Å². The van der Waals surface area contributed by atoms with E-state index >= 15 is 0 Å². The minimum Gasteiger partial charge on any atom is -0.252 e. The molecule has 138 valence electrons. The van der Waals surface area contributed by atoms with E-state index in [1.165, 1.54) is 0 Å². The van der Waals surface area contributed by atoms with E-state index in [-0.39, 0.29) is 6.07 Å². The summed E-state index contributed by atoms with van der Waals surface area (Å²) in [5, 5.41) is 73.1. The molecule has 0 N–H and O–H groups in total. The molecular formula is C5HN9O12. The van der Waals surface area contributed by atoms with Crippen molar-refractivity contribution in [2.75, 3.05) is 0 Å². The zero-order valence-electron chi connectivity index (χ0n) is 11.5. The Morgan fingerprint density at radius 1 is 0.577 bits per heavy atom. The summed E-state index contributed by atoms with van der Waals surface area (Å²) in [5.74, 6) is -9.00. The lowest BCUT2D eigenvalue weighted by Gasteiger charge is -2.09. The van der Waals surface area contributed by atoms with Crippen LogP contribution >= 0.6 is 0 Å². The topological polar surface area (TPSA) is 298 Å². The van der Waals surface area contributed by atoms with Gasteiger partial charge in [-0.1, -0.05) is 0 Å². The lowest BCUT2D eigenvalue weighted by atomic mass is 10.1. The van der Waals surface area contributed by atoms with Gasteiger partial charge in [0.2, 0.25) is 0 Å². The maximum absolute atomic E-state index is 10.9. The first kappa shape index (κ1) is 19.5. The van der Waals surface area contributed by atoms with Crippen molar-refractivity contribution in [2.24, 2.45) is 0 Å². The lowest BCUT2D eigenvalue weighted by Crippen LogP contribution is -2.53. The maximum Gasteiger partial charge on any atom is 0.747 e. The highest BCUT2D eigenvalue weighted by Gasteiger charge is 2.78. The second-order valence-corrected chi connectivity index (χ2v) is 4.02. The van der Waals surface area contributed by atoms with E-state index in [1.54, 1.807) is 0 Å². The number of aromatic nitrogens is 3. The maximum atomic E-state index is 10.9. The average molecular weight is 379 g/mol. The molecule has 0 aliphatic rings. The van der Waals surface area contributed by atoms with E-state index in [1.807, 2.05) is 0 Å². The van der Waals surface area contributed by atoms with Gasteiger partial charge in [-0.2, -0.15) is 0 Å². The molecule has 0 unspecified atom stereocenters. The fourth-order valence-electron chi connectivity index (χ4n) is 1.59. The summed E-state index contributed by atoms with van der Waals surface area (Å²) in [5.41, 5.74) is -3.78. The highest BCUT2D eigenvalue weighted by molar-refractivity contribution is 5.11. The van der Waals surface area contributed by atoms with Gasteiger partial charge in [-0.15, -0.1) is 10.2 Å². The molecule has 26 heavy (non-hydrogen) atoms. The Morgan fingerprint density at radius 2 is 0.808 bits per heavy atom. The van der Waals surface area contributed by atoms with E-state index in [0.717, 1.165) is 0 Å². The van der Waals surface area contributed by atoms with E-state index in [0.29, 0.717) is 0 Å². The fraction of sp³-hybridized carbons (Fsp3) is 0.400. The molecule has 0 bridgehead atoms. The first-order valence-corrected chi connectivity index (χ1v) is 5.46. The molecule has 0 atom stereocenters. The van der Waals surface area contributed by atoms with Crippen molar-refractivity contribution in [3.8, 4) is 0 Å². The van der Waals surface area contributed by atoms with Crippen LogP contribution in [0.5, 0.6) is 0 Å². The summed E-state index contributed by atoms with van der Waals surface area (Å²) in [4.78, 5) is 52.9. The van der Waals surface area contributed by atoms with Gasteiger partial charge in [0.15, 0.2) is 29.5 Å². The number of rotatable bonds is 8. The Balaban J connectivity index is 3.95. The average Bonchev–Trinajstić information content (AvgIpc) is 2.46. The van der Waals surface area contributed by atoms with Gasteiger partial charge in [0, 0.05) is 6.07 Å². The molecule has 21 heteroatoms. The monoisotopic (exact) mass is 379 g/mol. The molecular weight excluding hydrogens is 378 g/mol. The quantitative estimate of drug-likeness (QED) is 0.261. The summed E-state index contributed by atoms with van der Waals surface area (Å²) < 4.78 is 0. The van der Waals surface area contributed by atoms with Crippen molar-refractivity contribution in [1.29, 1.82) is 0 Å². The summed E-state index contributed by atoms with van der Waals surface area (Å²) in [7, 11) is 0. The minimum atomic E-state index is -4.50. The molecule has 0 fully saturated rings. The highest BCUT2D eigenvalue weighted by atomic mass is 16.7. The van der Waals surface area contributed by atoms with Crippen LogP contribution in [0.15, 0.2) is 6.07 Å². The van der Waals surface area contributed by atoms with E-state index in [2.05, 4.69) is 15.4 Å². The summed E-state index contributed by atoms with van der Waals surface area (Å²) in [6.07, 6.45) is 0. The number of nitro groups is 6. The lowest BCUT2D eigenvalue weighted by molar-refractivity contribution is -0.988. The summed E-state index contributed by atoms with van der Waals surface area (Å²) in [6, 6.07) is -0.351. The third-order valence-electron chi connectivity index (χ3n) is 2.79. The van der Waals surface area contributed by atoms with Crippen LogP contribution in [0.3, 0.4) is 0 Å². The Hall–Kier alpha value is -4.59. The van der Waals surface area contributed by atoms with E-state index in [9.17, 15) is 60.7 Å². The van der Waals surface area contributed by atoms with Crippen LogP contribution in [0.25, 0.3) is 0 Å². The second kappa shape index (κ2) is 6.13. The number of nitrogens with zero attached hydrogens (tertiary/aromatic N) is 9. The van der Waals surface area contributed by atoms with Crippen molar-refractivity contribution in [3.05, 3.63) is 78.1 Å². The summed E-state index contributed by atoms with van der Waals surface area (Å²) in [6.45, 7) is 0. The molecule has 0 amide bonds. The predicted octanol–water partition coefficient (Wildman–Crippen LogP) is -2.25. The Bertz CT molecular complexity index is 712. The molecule has 1 rings (SSSR count). The van der Waals surface area contributed by atoms with Crippen LogP contribution in [-0.4, -0.2) is 45.0 Å². The van der Waals surface area contributed by atoms with Gasteiger partial charge in [-0.3, -0.25) is 60.7 Å². The van der Waals surface area contributed by atoms with Gasteiger partial charge in [0.25, 0.3) is 0 Å². The van der Waals surface area contributed by atoms with Crippen molar-refractivity contribution in [1.82, 2.24) is 15.4 Å². The molecule has 0 spiro atoms. The largest absolute Gasteiger partial charge is 0.747 e. The van der Waals surface area contributed by atoms with Gasteiger partial charge >= 0.3 is 23.0 Å². The standard InChI is InChI=1S/C5HN9O12/c15-9(16)4(10(17)18,11(19)20)2-1-3(7-8-6-2)5(12(21)22,13(23)24)14(25)26/h1H. The van der Waals surface area contributed by atoms with Gasteiger partial charge in [0.05, 0.1) is 0 Å². The van der Waals surface area contributed by atoms with Gasteiger partial charge in [-0.25, -0.2) is 0 Å². The van der Waals surface area contributed by atoms with Gasteiger partial charge in [0.1, 0.15) is 0 Å². The van der Waals surface area contributed by atoms with Crippen LogP contribution in [0.4, 0.5) is 0 Å². The van der Waals surface area contributed by atoms with Gasteiger partial charge in [-0.05, 0) is 5.21 Å². The Morgan fingerprint density at radius 3 is 1.00 bits per heavy atom. The molecule has 21 nitrogen and oxygen atoms in total. The molecule has 0 aliphatic carbocycles. The molecule has 0 saturated heterocycles. The Kier molecular flexibility index (Phi) is 4.59. The van der Waals surface area contributed by atoms with E-state index < -0.39 is 52.5 Å². The zero-order chi connectivity index (χ0) is 20.4. The molecule has 0 saturated carbocycles. The van der Waals surface area contributed by atoms with Crippen LogP contribution in [-0.2, 0) is 11.6 Å². The van der Waals surface area contributed by atoms with Crippen molar-refractivity contribution in [3.63, 3.8) is 0 Å². The first-order valence-electron chi connectivity index (χ1n) is 5.46. The molecule has 1 aromatic rings. The second-order valence-electron chi connectivity index (χ2n) is 4.02. The van der Waals surface area contributed by atoms with Crippen LogP contribution in [0.1, 0.15) is 11.4 Å². The SMILES string of the molecule is O=[N+]([O-])C(c1cc(C([N+](=O)[O-])([N+](=O)[O-])[N+](=O)[O-])nnn1)([N+](=O)[O-])[N+](=O)[O-]. The third-order valence-corrected chi connectivity index (χ3v) is 2.79. The third kappa shape index (κ3) is 2.31. The smallest absolute Gasteiger partial charge is 0.252 e.